The molecule has 0 spiro atoms. The van der Waals surface area contributed by atoms with Crippen LogP contribution in [-0.2, 0) is 0 Å². The molecule has 0 amide bonds. The Labute approximate surface area is 357 Å². The summed E-state index contributed by atoms with van der Waals surface area (Å²) in [6.07, 6.45) is 0. The molecular weight excluding hydrogens is 759 g/mol. The van der Waals surface area contributed by atoms with Crippen molar-refractivity contribution in [3.63, 3.8) is 0 Å². The maximum absolute atomic E-state index is 6.28. The lowest BCUT2D eigenvalue weighted by atomic mass is 9.94. The minimum absolute atomic E-state index is 0.898. The molecule has 0 radical (unpaired) electrons. The van der Waals surface area contributed by atoms with Gasteiger partial charge in [0, 0.05) is 47.9 Å². The SMILES string of the molecule is c1cc(-c2ccccc2N(c2ccc(-c3ccc4c(c3)oc3ccccc34)cc2)c2ccc(-c3cccc4sc5ccccc5c34)cc2)cc(-c2cccc3ccccc23)c1. The first-order valence-electron chi connectivity index (χ1n) is 20.7. The van der Waals surface area contributed by atoms with Crippen LogP contribution in [0.4, 0.5) is 17.1 Å². The van der Waals surface area contributed by atoms with Gasteiger partial charge in [-0.1, -0.05) is 158 Å². The van der Waals surface area contributed by atoms with E-state index in [1.807, 2.05) is 23.5 Å². The molecule has 3 heteroatoms. The van der Waals surface area contributed by atoms with Gasteiger partial charge in [-0.05, 0) is 116 Å². The smallest absolute Gasteiger partial charge is 0.136 e. The van der Waals surface area contributed by atoms with Gasteiger partial charge in [-0.2, -0.15) is 0 Å². The third-order valence-corrected chi connectivity index (χ3v) is 13.2. The molecule has 0 saturated heterocycles. The number of thiophene rings is 1. The van der Waals surface area contributed by atoms with E-state index in [2.05, 4.69) is 217 Å². The molecule has 2 aromatic heterocycles. The van der Waals surface area contributed by atoms with E-state index in [-0.39, 0.29) is 0 Å². The number of rotatable bonds is 7. The zero-order valence-corrected chi connectivity index (χ0v) is 33.9. The summed E-state index contributed by atoms with van der Waals surface area (Å²) in [5.74, 6) is 0. The van der Waals surface area contributed by atoms with Gasteiger partial charge in [-0.25, -0.2) is 0 Å². The van der Waals surface area contributed by atoms with Crippen LogP contribution >= 0.6 is 11.3 Å². The summed E-state index contributed by atoms with van der Waals surface area (Å²) in [6, 6.07) is 81.3. The van der Waals surface area contributed by atoms with Crippen LogP contribution in [0.25, 0.3) is 97.4 Å². The first-order chi connectivity index (χ1) is 30.2. The summed E-state index contributed by atoms with van der Waals surface area (Å²) < 4.78 is 8.90. The van der Waals surface area contributed by atoms with Gasteiger partial charge in [0.15, 0.2) is 0 Å². The van der Waals surface area contributed by atoms with Crippen LogP contribution in [0, 0.1) is 0 Å². The molecule has 0 atom stereocenters. The summed E-state index contributed by atoms with van der Waals surface area (Å²) in [5, 5.41) is 7.40. The van der Waals surface area contributed by atoms with E-state index in [0.717, 1.165) is 61.3 Å². The molecule has 0 saturated carbocycles. The molecule has 0 bridgehead atoms. The predicted octanol–water partition coefficient (Wildman–Crippen LogP) is 17.2. The maximum atomic E-state index is 6.28. The van der Waals surface area contributed by atoms with Gasteiger partial charge in [0.2, 0.25) is 0 Å². The van der Waals surface area contributed by atoms with E-state index >= 15 is 0 Å². The summed E-state index contributed by atoms with van der Waals surface area (Å²) >= 11 is 1.86. The van der Waals surface area contributed by atoms with E-state index in [0.29, 0.717) is 0 Å². The van der Waals surface area contributed by atoms with Gasteiger partial charge < -0.3 is 9.32 Å². The average molecular weight is 796 g/mol. The largest absolute Gasteiger partial charge is 0.456 e. The zero-order valence-electron chi connectivity index (χ0n) is 33.1. The van der Waals surface area contributed by atoms with Crippen molar-refractivity contribution in [2.75, 3.05) is 4.90 Å². The molecule has 0 unspecified atom stereocenters. The number of hydrogen-bond acceptors (Lipinski definition) is 3. The molecule has 0 aliphatic carbocycles. The molecular formula is C58H37NOS. The van der Waals surface area contributed by atoms with E-state index in [1.54, 1.807) is 0 Å². The highest BCUT2D eigenvalue weighted by Gasteiger charge is 2.19. The Balaban J connectivity index is 0.983. The number of furan rings is 1. The quantitative estimate of drug-likeness (QED) is 0.160. The van der Waals surface area contributed by atoms with Crippen molar-refractivity contribution in [1.82, 2.24) is 0 Å². The Bertz CT molecular complexity index is 3590. The van der Waals surface area contributed by atoms with Crippen molar-refractivity contribution < 1.29 is 4.42 Å². The molecule has 2 nitrogen and oxygen atoms in total. The third kappa shape index (κ3) is 6.09. The second-order valence-corrected chi connectivity index (χ2v) is 16.7. The molecule has 0 fully saturated rings. The minimum atomic E-state index is 0.898. The highest BCUT2D eigenvalue weighted by Crippen LogP contribution is 2.45. The van der Waals surface area contributed by atoms with E-state index in [1.165, 1.54) is 53.2 Å². The Morgan fingerprint density at radius 1 is 0.328 bits per heavy atom. The standard InChI is InChI=1S/C58H37NOS/c1-2-16-46-39(12-1)13-10-20-47(46)42-14-9-15-43(36-42)48-17-3-6-22-53(48)59(44-31-26-38(27-32-44)41-30-35-51-50-18-4-7-23-54(50)60-55(51)37-41)45-33-28-40(29-34-45)49-21-11-25-57-58(49)52-19-5-8-24-56(52)61-57/h1-37H. The first kappa shape index (κ1) is 35.2. The highest BCUT2D eigenvalue weighted by atomic mass is 32.1. The summed E-state index contributed by atoms with van der Waals surface area (Å²) in [5.41, 5.74) is 14.5. The first-order valence-corrected chi connectivity index (χ1v) is 21.6. The van der Waals surface area contributed by atoms with Gasteiger partial charge in [-0.15, -0.1) is 11.3 Å². The van der Waals surface area contributed by atoms with E-state index in [9.17, 15) is 0 Å². The highest BCUT2D eigenvalue weighted by molar-refractivity contribution is 7.25. The second-order valence-electron chi connectivity index (χ2n) is 15.6. The van der Waals surface area contributed by atoms with Gasteiger partial charge in [0.25, 0.3) is 0 Å². The van der Waals surface area contributed by atoms with Gasteiger partial charge in [0.1, 0.15) is 11.2 Å². The van der Waals surface area contributed by atoms with Gasteiger partial charge >= 0.3 is 0 Å². The lowest BCUT2D eigenvalue weighted by molar-refractivity contribution is 0.669. The van der Waals surface area contributed by atoms with Crippen LogP contribution in [-0.4, -0.2) is 0 Å². The number of benzene rings is 10. The fourth-order valence-corrected chi connectivity index (χ4v) is 10.3. The molecule has 12 aromatic rings. The monoisotopic (exact) mass is 795 g/mol. The number of anilines is 3. The number of nitrogens with zero attached hydrogens (tertiary/aromatic N) is 1. The summed E-state index contributed by atoms with van der Waals surface area (Å²) in [7, 11) is 0. The lowest BCUT2D eigenvalue weighted by Crippen LogP contribution is -2.11. The van der Waals surface area contributed by atoms with E-state index < -0.39 is 0 Å². The summed E-state index contributed by atoms with van der Waals surface area (Å²) in [6.45, 7) is 0. The van der Waals surface area contributed by atoms with E-state index in [4.69, 9.17) is 4.42 Å². The third-order valence-electron chi connectivity index (χ3n) is 12.1. The number of hydrogen-bond donors (Lipinski definition) is 0. The van der Waals surface area contributed by atoms with Crippen LogP contribution in [0.2, 0.25) is 0 Å². The van der Waals surface area contributed by atoms with Crippen molar-refractivity contribution in [2.45, 2.75) is 0 Å². The normalized spacial score (nSPS) is 11.6. The van der Waals surface area contributed by atoms with Crippen molar-refractivity contribution in [1.29, 1.82) is 0 Å². The predicted molar refractivity (Wildman–Crippen MR) is 261 cm³/mol. The second kappa shape index (κ2) is 14.5. The van der Waals surface area contributed by atoms with Crippen molar-refractivity contribution >= 4 is 81.3 Å². The number of para-hydroxylation sites is 2. The lowest BCUT2D eigenvalue weighted by Gasteiger charge is -2.28. The molecule has 10 aromatic carbocycles. The van der Waals surface area contributed by atoms with Crippen molar-refractivity contribution in [2.24, 2.45) is 0 Å². The number of fused-ring (bicyclic) bond motifs is 7. The molecule has 0 aliphatic rings. The Hall–Kier alpha value is -7.72. The van der Waals surface area contributed by atoms with Crippen molar-refractivity contribution in [3.8, 4) is 44.5 Å². The van der Waals surface area contributed by atoms with Crippen LogP contribution < -0.4 is 4.90 Å². The minimum Gasteiger partial charge on any atom is -0.456 e. The summed E-state index contributed by atoms with van der Waals surface area (Å²) in [4.78, 5) is 2.40. The Morgan fingerprint density at radius 2 is 0.902 bits per heavy atom. The molecule has 0 N–H and O–H groups in total. The van der Waals surface area contributed by atoms with Gasteiger partial charge in [0.05, 0.1) is 5.69 Å². The zero-order chi connectivity index (χ0) is 40.3. The molecule has 2 heterocycles. The Kier molecular flexibility index (Phi) is 8.39. The Morgan fingerprint density at radius 3 is 1.75 bits per heavy atom. The van der Waals surface area contributed by atoms with Crippen LogP contribution in [0.15, 0.2) is 229 Å². The topological polar surface area (TPSA) is 16.4 Å². The fraction of sp³-hybridized carbons (Fsp3) is 0. The van der Waals surface area contributed by atoms with Crippen LogP contribution in [0.1, 0.15) is 0 Å². The maximum Gasteiger partial charge on any atom is 0.136 e. The molecule has 286 valence electrons. The molecule has 61 heavy (non-hydrogen) atoms. The van der Waals surface area contributed by atoms with Gasteiger partial charge in [-0.3, -0.25) is 0 Å². The van der Waals surface area contributed by atoms with Crippen LogP contribution in [0.5, 0.6) is 0 Å². The molecule has 12 rings (SSSR count). The molecule has 0 aliphatic heterocycles. The fourth-order valence-electron chi connectivity index (χ4n) is 9.19. The van der Waals surface area contributed by atoms with Crippen molar-refractivity contribution in [3.05, 3.63) is 224 Å². The van der Waals surface area contributed by atoms with Crippen LogP contribution in [0.3, 0.4) is 0 Å². The average Bonchev–Trinajstić information content (AvgIpc) is 3.90.